The molecule has 150 valence electrons. The van der Waals surface area contributed by atoms with Crippen LogP contribution in [0.1, 0.15) is 27.4 Å². The molecule has 0 amide bonds. The highest BCUT2D eigenvalue weighted by Crippen LogP contribution is 2.43. The number of nitrogens with zero attached hydrogens (tertiary/aromatic N) is 2. The van der Waals surface area contributed by atoms with Crippen LogP contribution in [0.5, 0.6) is 17.2 Å². The van der Waals surface area contributed by atoms with Gasteiger partial charge >= 0.3 is 0 Å². The second-order valence-corrected chi connectivity index (χ2v) is 7.32. The van der Waals surface area contributed by atoms with E-state index >= 15 is 0 Å². The van der Waals surface area contributed by atoms with E-state index < -0.39 is 5.78 Å². The summed E-state index contributed by atoms with van der Waals surface area (Å²) in [5.74, 6) is -0.0787. The number of phenols is 2. The molecule has 7 heteroatoms. The Morgan fingerprint density at radius 1 is 1.10 bits per heavy atom. The van der Waals surface area contributed by atoms with Gasteiger partial charge in [0.05, 0.1) is 17.0 Å². The van der Waals surface area contributed by atoms with E-state index in [1.54, 1.807) is 6.08 Å². The van der Waals surface area contributed by atoms with E-state index in [1.165, 1.54) is 6.07 Å². The van der Waals surface area contributed by atoms with Crippen molar-refractivity contribution in [1.29, 1.82) is 0 Å². The monoisotopic (exact) mass is 402 g/mol. The minimum absolute atomic E-state index is 0.0400. The van der Waals surface area contributed by atoms with Crippen molar-refractivity contribution in [2.45, 2.75) is 13.8 Å². The molecule has 3 heterocycles. The van der Waals surface area contributed by atoms with E-state index in [2.05, 4.69) is 5.16 Å². The molecule has 4 aromatic rings. The number of fused-ring (bicyclic) bond motifs is 2. The number of benzene rings is 2. The minimum atomic E-state index is -0.444. The van der Waals surface area contributed by atoms with Crippen LogP contribution in [0.15, 0.2) is 46.7 Å². The largest absolute Gasteiger partial charge is 0.508 e. The van der Waals surface area contributed by atoms with Crippen LogP contribution in [-0.4, -0.2) is 25.7 Å². The average molecular weight is 402 g/mol. The average Bonchev–Trinajstić information content (AvgIpc) is 3.29. The van der Waals surface area contributed by atoms with Crippen molar-refractivity contribution in [3.8, 4) is 28.5 Å². The van der Waals surface area contributed by atoms with Crippen molar-refractivity contribution in [2.75, 3.05) is 0 Å². The van der Waals surface area contributed by atoms with E-state index in [9.17, 15) is 15.0 Å². The maximum atomic E-state index is 12.9. The summed E-state index contributed by atoms with van der Waals surface area (Å²) in [4.78, 5) is 12.9. The maximum Gasteiger partial charge on any atom is 0.235 e. The Morgan fingerprint density at radius 2 is 1.87 bits per heavy atom. The second-order valence-electron chi connectivity index (χ2n) is 7.32. The normalized spacial score (nSPS) is 14.5. The number of hydrogen-bond donors (Lipinski definition) is 2. The van der Waals surface area contributed by atoms with E-state index in [0.29, 0.717) is 5.76 Å². The lowest BCUT2D eigenvalue weighted by Gasteiger charge is -2.06. The smallest absolute Gasteiger partial charge is 0.235 e. The Bertz CT molecular complexity index is 1370. The summed E-state index contributed by atoms with van der Waals surface area (Å²) in [7, 11) is 1.95. The second kappa shape index (κ2) is 6.25. The van der Waals surface area contributed by atoms with Gasteiger partial charge in [-0.1, -0.05) is 23.4 Å². The molecule has 0 fully saturated rings. The quantitative estimate of drug-likeness (QED) is 0.480. The Hall–Kier alpha value is -4.00. The van der Waals surface area contributed by atoms with Gasteiger partial charge in [-0.05, 0) is 26.0 Å². The molecular formula is C23H18N2O5. The number of carbonyl (C=O) groups excluding carboxylic acids is 1. The Kier molecular flexibility index (Phi) is 3.76. The fourth-order valence-electron chi connectivity index (χ4n) is 4.10. The number of para-hydroxylation sites is 1. The van der Waals surface area contributed by atoms with E-state index in [1.807, 2.05) is 49.7 Å². The predicted octanol–water partition coefficient (Wildman–Crippen LogP) is 4.48. The molecule has 5 rings (SSSR count). The summed E-state index contributed by atoms with van der Waals surface area (Å²) in [5.41, 5.74) is 4.23. The zero-order chi connectivity index (χ0) is 21.2. The topological polar surface area (TPSA) is 97.7 Å². The number of aromatic hydroxyl groups is 2. The number of phenolic OH excluding ortho intramolecular Hbond substituents is 2. The van der Waals surface area contributed by atoms with E-state index in [0.717, 1.165) is 39.5 Å². The van der Waals surface area contributed by atoms with Crippen LogP contribution in [0.4, 0.5) is 0 Å². The lowest BCUT2D eigenvalue weighted by molar-refractivity contribution is 0.101. The van der Waals surface area contributed by atoms with Gasteiger partial charge in [0.25, 0.3) is 0 Å². The van der Waals surface area contributed by atoms with Crippen molar-refractivity contribution in [2.24, 2.45) is 7.05 Å². The lowest BCUT2D eigenvalue weighted by atomic mass is 10.0. The first-order chi connectivity index (χ1) is 14.4. The number of rotatable bonds is 2. The number of Topliss-reactive ketones (excluding diaryl/α,β-unsaturated/α-hetero) is 1. The first-order valence-corrected chi connectivity index (χ1v) is 9.37. The number of ketones is 1. The molecule has 1 aliphatic heterocycles. The Morgan fingerprint density at radius 3 is 2.60 bits per heavy atom. The van der Waals surface area contributed by atoms with Gasteiger partial charge in [-0.2, -0.15) is 0 Å². The first-order valence-electron chi connectivity index (χ1n) is 9.37. The van der Waals surface area contributed by atoms with Gasteiger partial charge in [0.15, 0.2) is 5.76 Å². The molecule has 2 aromatic carbocycles. The number of aromatic nitrogens is 2. The van der Waals surface area contributed by atoms with Gasteiger partial charge in [0.1, 0.15) is 28.6 Å². The van der Waals surface area contributed by atoms with Crippen LogP contribution >= 0.6 is 0 Å². The highest BCUT2D eigenvalue weighted by Gasteiger charge is 2.32. The highest BCUT2D eigenvalue weighted by atomic mass is 16.5. The lowest BCUT2D eigenvalue weighted by Crippen LogP contribution is -1.99. The Labute approximate surface area is 171 Å². The zero-order valence-electron chi connectivity index (χ0n) is 16.6. The van der Waals surface area contributed by atoms with Crippen LogP contribution in [-0.2, 0) is 7.05 Å². The fraction of sp³-hybridized carbons (Fsp3) is 0.130. The van der Waals surface area contributed by atoms with Gasteiger partial charge in [0.2, 0.25) is 5.78 Å². The van der Waals surface area contributed by atoms with Crippen molar-refractivity contribution in [3.63, 3.8) is 0 Å². The first kappa shape index (κ1) is 18.1. The van der Waals surface area contributed by atoms with Crippen LogP contribution in [0, 0.1) is 13.8 Å². The minimum Gasteiger partial charge on any atom is -0.508 e. The standard InChI is InChI=1S/C23H18N2O5/c1-11-20(12(2)30-24-11)22-15(14-6-4-5-7-16(14)25(22)3)10-19-23(28)21-17(27)8-13(26)9-18(21)29-19/h4-10,26-27H,1-3H3. The third kappa shape index (κ3) is 2.45. The van der Waals surface area contributed by atoms with Gasteiger partial charge in [-0.25, -0.2) is 0 Å². The van der Waals surface area contributed by atoms with Crippen molar-refractivity contribution < 1.29 is 24.3 Å². The number of allylic oxidation sites excluding steroid dienone is 1. The molecule has 0 spiro atoms. The molecule has 1 aliphatic rings. The number of hydrogen-bond acceptors (Lipinski definition) is 6. The Balaban J connectivity index is 1.78. The fourth-order valence-corrected chi connectivity index (χ4v) is 4.10. The van der Waals surface area contributed by atoms with E-state index in [-0.39, 0.29) is 28.6 Å². The maximum absolute atomic E-state index is 12.9. The molecule has 30 heavy (non-hydrogen) atoms. The molecular weight excluding hydrogens is 384 g/mol. The predicted molar refractivity (Wildman–Crippen MR) is 111 cm³/mol. The summed E-state index contributed by atoms with van der Waals surface area (Å²) >= 11 is 0. The van der Waals surface area contributed by atoms with Crippen molar-refractivity contribution in [1.82, 2.24) is 9.72 Å². The van der Waals surface area contributed by atoms with Gasteiger partial charge in [0, 0.05) is 35.6 Å². The summed E-state index contributed by atoms with van der Waals surface area (Å²) in [6.45, 7) is 3.71. The number of ether oxygens (including phenoxy) is 1. The van der Waals surface area contributed by atoms with Gasteiger partial charge in [-0.15, -0.1) is 0 Å². The summed E-state index contributed by atoms with van der Waals surface area (Å²) in [6.07, 6.45) is 1.67. The number of aryl methyl sites for hydroxylation is 3. The molecule has 2 aromatic heterocycles. The van der Waals surface area contributed by atoms with Gasteiger partial charge < -0.3 is 24.0 Å². The zero-order valence-corrected chi connectivity index (χ0v) is 16.6. The molecule has 0 saturated carbocycles. The molecule has 0 aliphatic carbocycles. The number of carbonyl (C=O) groups is 1. The molecule has 7 nitrogen and oxygen atoms in total. The van der Waals surface area contributed by atoms with Crippen molar-refractivity contribution in [3.05, 3.63) is 64.7 Å². The molecule has 0 saturated heterocycles. The summed E-state index contributed by atoms with van der Waals surface area (Å²) < 4.78 is 13.1. The van der Waals surface area contributed by atoms with E-state index in [4.69, 9.17) is 9.26 Å². The molecule has 0 bridgehead atoms. The van der Waals surface area contributed by atoms with Crippen LogP contribution in [0.25, 0.3) is 28.2 Å². The molecule has 0 atom stereocenters. The summed E-state index contributed by atoms with van der Waals surface area (Å²) in [5, 5.41) is 24.8. The van der Waals surface area contributed by atoms with Crippen molar-refractivity contribution >= 4 is 22.8 Å². The van der Waals surface area contributed by atoms with Crippen LogP contribution in [0.3, 0.4) is 0 Å². The van der Waals surface area contributed by atoms with Crippen LogP contribution < -0.4 is 4.74 Å². The van der Waals surface area contributed by atoms with Crippen LogP contribution in [0.2, 0.25) is 0 Å². The molecule has 0 unspecified atom stereocenters. The molecule has 0 radical (unpaired) electrons. The molecule has 2 N–H and O–H groups in total. The van der Waals surface area contributed by atoms with Gasteiger partial charge in [-0.3, -0.25) is 4.79 Å². The SMILES string of the molecule is Cc1noc(C)c1-c1c(C=C2Oc3cc(O)cc(O)c3C2=O)c2ccccc2n1C. The summed E-state index contributed by atoms with van der Waals surface area (Å²) in [6, 6.07) is 10.3. The third-order valence-corrected chi connectivity index (χ3v) is 5.43. The highest BCUT2D eigenvalue weighted by molar-refractivity contribution is 6.17. The third-order valence-electron chi connectivity index (χ3n) is 5.43.